The molecule has 2 N–H and O–H groups in total. The third-order valence-electron chi connectivity index (χ3n) is 2.88. The van der Waals surface area contributed by atoms with Crippen LogP contribution in [-0.4, -0.2) is 15.8 Å². The van der Waals surface area contributed by atoms with Crippen molar-refractivity contribution in [3.8, 4) is 5.69 Å². The van der Waals surface area contributed by atoms with Crippen molar-refractivity contribution in [2.45, 2.75) is 25.8 Å². The van der Waals surface area contributed by atoms with Crippen LogP contribution in [0.1, 0.15) is 18.9 Å². The number of hydrogen-bond donors (Lipinski definition) is 1. The third kappa shape index (κ3) is 2.86. The summed E-state index contributed by atoms with van der Waals surface area (Å²) in [5.41, 5.74) is 7.95. The maximum Gasteiger partial charge on any atom is 0.0790 e. The fraction of sp³-hybridized carbons (Fsp3) is 0.308. The van der Waals surface area contributed by atoms with Crippen molar-refractivity contribution in [2.75, 3.05) is 0 Å². The summed E-state index contributed by atoms with van der Waals surface area (Å²) in [5.74, 6) is 0. The summed E-state index contributed by atoms with van der Waals surface area (Å²) in [7, 11) is 0. The van der Waals surface area contributed by atoms with Crippen molar-refractivity contribution in [1.82, 2.24) is 9.78 Å². The second-order valence-electron chi connectivity index (χ2n) is 4.21. The van der Waals surface area contributed by atoms with E-state index >= 15 is 0 Å². The molecule has 0 radical (unpaired) electrons. The molecule has 1 aromatic carbocycles. The number of halogens is 2. The maximum absolute atomic E-state index is 6.26. The van der Waals surface area contributed by atoms with Gasteiger partial charge in [-0.15, -0.1) is 0 Å². The molecule has 96 valence electrons. The highest BCUT2D eigenvalue weighted by Gasteiger charge is 2.12. The molecule has 5 heteroatoms. The smallest absolute Gasteiger partial charge is 0.0790 e. The van der Waals surface area contributed by atoms with Crippen LogP contribution < -0.4 is 5.73 Å². The number of nitrogens with two attached hydrogens (primary N) is 1. The van der Waals surface area contributed by atoms with Crippen LogP contribution in [0.4, 0.5) is 0 Å². The van der Waals surface area contributed by atoms with E-state index in [0.29, 0.717) is 10.0 Å². The number of nitrogens with zero attached hydrogens (tertiary/aromatic N) is 2. The normalized spacial score (nSPS) is 12.7. The molecule has 1 aromatic heterocycles. The third-order valence-corrected chi connectivity index (χ3v) is 3.43. The Balaban J connectivity index is 2.43. The van der Waals surface area contributed by atoms with Crippen LogP contribution >= 0.6 is 23.2 Å². The number of rotatable bonds is 4. The Hall–Kier alpha value is -1.03. The van der Waals surface area contributed by atoms with Gasteiger partial charge in [-0.25, -0.2) is 4.68 Å². The van der Waals surface area contributed by atoms with Gasteiger partial charge in [-0.2, -0.15) is 5.10 Å². The predicted octanol–water partition coefficient (Wildman–Crippen LogP) is 3.46. The van der Waals surface area contributed by atoms with E-state index in [1.807, 2.05) is 18.2 Å². The van der Waals surface area contributed by atoms with Gasteiger partial charge in [0, 0.05) is 17.3 Å². The Labute approximate surface area is 117 Å². The van der Waals surface area contributed by atoms with Crippen molar-refractivity contribution in [1.29, 1.82) is 0 Å². The summed E-state index contributed by atoms with van der Waals surface area (Å²) in [4.78, 5) is 0. The van der Waals surface area contributed by atoms with Crippen LogP contribution in [0.25, 0.3) is 5.69 Å². The second kappa shape index (κ2) is 5.74. The molecular weight excluding hydrogens is 269 g/mol. The van der Waals surface area contributed by atoms with Crippen LogP contribution in [0.15, 0.2) is 30.6 Å². The van der Waals surface area contributed by atoms with E-state index < -0.39 is 0 Å². The lowest BCUT2D eigenvalue weighted by molar-refractivity contribution is 0.642. The Kier molecular flexibility index (Phi) is 4.27. The van der Waals surface area contributed by atoms with E-state index in [0.717, 1.165) is 24.1 Å². The zero-order chi connectivity index (χ0) is 13.1. The highest BCUT2D eigenvalue weighted by Crippen LogP contribution is 2.25. The molecule has 18 heavy (non-hydrogen) atoms. The van der Waals surface area contributed by atoms with E-state index in [9.17, 15) is 0 Å². The van der Waals surface area contributed by atoms with E-state index in [1.54, 1.807) is 17.1 Å². The lowest BCUT2D eigenvalue weighted by Crippen LogP contribution is -2.22. The molecule has 0 aliphatic heterocycles. The van der Waals surface area contributed by atoms with Gasteiger partial charge in [0.25, 0.3) is 0 Å². The molecule has 3 nitrogen and oxygen atoms in total. The average molecular weight is 284 g/mol. The molecule has 0 aliphatic carbocycles. The predicted molar refractivity (Wildman–Crippen MR) is 75.6 cm³/mol. The summed E-state index contributed by atoms with van der Waals surface area (Å²) in [6, 6.07) is 5.82. The first kappa shape index (κ1) is 13.4. The van der Waals surface area contributed by atoms with E-state index in [-0.39, 0.29) is 6.04 Å². The minimum Gasteiger partial charge on any atom is -0.327 e. The summed E-state index contributed by atoms with van der Waals surface area (Å²) in [5, 5.41) is 5.52. The standard InChI is InChI=1S/C13H15Cl2N3/c1-2-10(16)6-11-12(15)4-3-5-13(11)18-8-9(14)7-17-18/h3-5,7-8,10H,2,6,16H2,1H3. The zero-order valence-electron chi connectivity index (χ0n) is 10.1. The summed E-state index contributed by atoms with van der Waals surface area (Å²) < 4.78 is 1.73. The highest BCUT2D eigenvalue weighted by atomic mass is 35.5. The molecule has 0 saturated carbocycles. The van der Waals surface area contributed by atoms with Crippen LogP contribution in [0.2, 0.25) is 10.0 Å². The van der Waals surface area contributed by atoms with E-state index in [2.05, 4.69) is 12.0 Å². The molecule has 0 spiro atoms. The lowest BCUT2D eigenvalue weighted by Gasteiger charge is -2.14. The zero-order valence-corrected chi connectivity index (χ0v) is 11.6. The molecule has 2 aromatic rings. The van der Waals surface area contributed by atoms with Crippen molar-refractivity contribution >= 4 is 23.2 Å². The molecule has 0 aliphatic rings. The molecule has 1 atom stereocenters. The first-order valence-electron chi connectivity index (χ1n) is 5.85. The molecule has 1 heterocycles. The van der Waals surface area contributed by atoms with Gasteiger partial charge in [0.1, 0.15) is 0 Å². The fourth-order valence-electron chi connectivity index (χ4n) is 1.80. The van der Waals surface area contributed by atoms with E-state index in [1.165, 1.54) is 0 Å². The van der Waals surface area contributed by atoms with Gasteiger partial charge in [-0.05, 0) is 30.5 Å². The summed E-state index contributed by atoms with van der Waals surface area (Å²) >= 11 is 12.2. The molecular formula is C13H15Cl2N3. The van der Waals surface area contributed by atoms with Gasteiger partial charge in [-0.1, -0.05) is 36.2 Å². The average Bonchev–Trinajstić information content (AvgIpc) is 2.78. The van der Waals surface area contributed by atoms with Crippen LogP contribution in [-0.2, 0) is 6.42 Å². The quantitative estimate of drug-likeness (QED) is 0.934. The number of aromatic nitrogens is 2. The van der Waals surface area contributed by atoms with Crippen LogP contribution in [0, 0.1) is 0 Å². The van der Waals surface area contributed by atoms with Crippen molar-refractivity contribution in [2.24, 2.45) is 5.73 Å². The molecule has 1 unspecified atom stereocenters. The minimum absolute atomic E-state index is 0.0923. The molecule has 0 amide bonds. The van der Waals surface area contributed by atoms with Crippen molar-refractivity contribution in [3.63, 3.8) is 0 Å². The van der Waals surface area contributed by atoms with Gasteiger partial charge in [0.05, 0.1) is 16.9 Å². The van der Waals surface area contributed by atoms with Crippen LogP contribution in [0.3, 0.4) is 0 Å². The Bertz CT molecular complexity index is 537. The van der Waals surface area contributed by atoms with Crippen LogP contribution in [0.5, 0.6) is 0 Å². The minimum atomic E-state index is 0.0923. The highest BCUT2D eigenvalue weighted by molar-refractivity contribution is 6.31. The Morgan fingerprint density at radius 2 is 2.17 bits per heavy atom. The number of hydrogen-bond acceptors (Lipinski definition) is 2. The van der Waals surface area contributed by atoms with Gasteiger partial charge in [0.15, 0.2) is 0 Å². The maximum atomic E-state index is 6.26. The lowest BCUT2D eigenvalue weighted by atomic mass is 10.0. The SMILES string of the molecule is CCC(N)Cc1c(Cl)cccc1-n1cc(Cl)cn1. The topological polar surface area (TPSA) is 43.8 Å². The van der Waals surface area contributed by atoms with E-state index in [4.69, 9.17) is 28.9 Å². The van der Waals surface area contributed by atoms with Gasteiger partial charge >= 0.3 is 0 Å². The summed E-state index contributed by atoms with van der Waals surface area (Å²) in [6.45, 7) is 2.06. The Morgan fingerprint density at radius 3 is 2.78 bits per heavy atom. The molecule has 0 bridgehead atoms. The Morgan fingerprint density at radius 1 is 1.39 bits per heavy atom. The first-order valence-corrected chi connectivity index (χ1v) is 6.61. The van der Waals surface area contributed by atoms with Crippen molar-refractivity contribution in [3.05, 3.63) is 46.2 Å². The molecule has 2 rings (SSSR count). The largest absolute Gasteiger partial charge is 0.327 e. The van der Waals surface area contributed by atoms with Crippen molar-refractivity contribution < 1.29 is 0 Å². The number of benzene rings is 1. The van der Waals surface area contributed by atoms with Gasteiger partial charge < -0.3 is 5.73 Å². The van der Waals surface area contributed by atoms with Gasteiger partial charge in [0.2, 0.25) is 0 Å². The first-order chi connectivity index (χ1) is 8.61. The monoisotopic (exact) mass is 283 g/mol. The van der Waals surface area contributed by atoms with Gasteiger partial charge in [-0.3, -0.25) is 0 Å². The second-order valence-corrected chi connectivity index (χ2v) is 5.06. The molecule has 0 fully saturated rings. The fourth-order valence-corrected chi connectivity index (χ4v) is 2.19. The summed E-state index contributed by atoms with van der Waals surface area (Å²) in [6.07, 6.45) is 4.99. The molecule has 0 saturated heterocycles.